The van der Waals surface area contributed by atoms with Gasteiger partial charge in [-0.15, -0.1) is 11.3 Å². The van der Waals surface area contributed by atoms with Crippen LogP contribution < -0.4 is 5.32 Å². The van der Waals surface area contributed by atoms with Crippen molar-refractivity contribution in [2.24, 2.45) is 0 Å². The van der Waals surface area contributed by atoms with Crippen LogP contribution in [0.1, 0.15) is 18.7 Å². The third kappa shape index (κ3) is 2.21. The lowest BCUT2D eigenvalue weighted by Gasteiger charge is -2.07. The summed E-state index contributed by atoms with van der Waals surface area (Å²) in [5, 5.41) is 4.61. The van der Waals surface area contributed by atoms with Gasteiger partial charge in [-0.2, -0.15) is 0 Å². The van der Waals surface area contributed by atoms with Crippen molar-refractivity contribution in [2.45, 2.75) is 26.8 Å². The monoisotopic (exact) mass is 241 g/mol. The largest absolute Gasteiger partial charge is 0.352 e. The standard InChI is InChI=1S/C10H12ClN3S/c1-5(2)12-10-13-8(11)7-4-6(3)15-9(7)14-10/h4-5H,1-3H3,(H,12,13,14). The highest BCUT2D eigenvalue weighted by atomic mass is 35.5. The van der Waals surface area contributed by atoms with Crippen LogP contribution in [0.2, 0.25) is 5.15 Å². The fourth-order valence-electron chi connectivity index (χ4n) is 1.33. The summed E-state index contributed by atoms with van der Waals surface area (Å²) in [5.41, 5.74) is 0. The zero-order valence-corrected chi connectivity index (χ0v) is 10.4. The van der Waals surface area contributed by atoms with E-state index in [4.69, 9.17) is 11.6 Å². The Hall–Kier alpha value is -0.870. The van der Waals surface area contributed by atoms with Crippen LogP contribution in [0.4, 0.5) is 5.95 Å². The maximum atomic E-state index is 6.07. The molecular weight excluding hydrogens is 230 g/mol. The molecule has 0 atom stereocenters. The van der Waals surface area contributed by atoms with E-state index in [-0.39, 0.29) is 0 Å². The Balaban J connectivity index is 2.51. The van der Waals surface area contributed by atoms with Gasteiger partial charge in [0.25, 0.3) is 0 Å². The van der Waals surface area contributed by atoms with E-state index >= 15 is 0 Å². The van der Waals surface area contributed by atoms with Gasteiger partial charge in [-0.1, -0.05) is 11.6 Å². The molecule has 1 N–H and O–H groups in total. The summed E-state index contributed by atoms with van der Waals surface area (Å²) in [7, 11) is 0. The minimum atomic E-state index is 0.305. The lowest BCUT2D eigenvalue weighted by atomic mass is 10.4. The molecule has 15 heavy (non-hydrogen) atoms. The predicted molar refractivity (Wildman–Crippen MR) is 65.9 cm³/mol. The molecule has 0 aliphatic carbocycles. The number of anilines is 1. The van der Waals surface area contributed by atoms with Gasteiger partial charge in [0.1, 0.15) is 9.98 Å². The van der Waals surface area contributed by atoms with Gasteiger partial charge in [0.2, 0.25) is 5.95 Å². The molecule has 0 radical (unpaired) electrons. The maximum absolute atomic E-state index is 6.07. The molecular formula is C10H12ClN3S. The van der Waals surface area contributed by atoms with Crippen molar-refractivity contribution in [2.75, 3.05) is 5.32 Å². The van der Waals surface area contributed by atoms with Crippen LogP contribution in [0.3, 0.4) is 0 Å². The lowest BCUT2D eigenvalue weighted by molar-refractivity contribution is 0.878. The fraction of sp³-hybridized carbons (Fsp3) is 0.400. The Labute approximate surface area is 97.5 Å². The van der Waals surface area contributed by atoms with E-state index in [2.05, 4.69) is 15.3 Å². The number of rotatable bonds is 2. The number of hydrogen-bond acceptors (Lipinski definition) is 4. The fourth-order valence-corrected chi connectivity index (χ4v) is 2.49. The van der Waals surface area contributed by atoms with Crippen molar-refractivity contribution < 1.29 is 0 Å². The summed E-state index contributed by atoms with van der Waals surface area (Å²) < 4.78 is 0. The molecule has 0 aromatic carbocycles. The zero-order chi connectivity index (χ0) is 11.0. The Kier molecular flexibility index (Phi) is 2.80. The number of fused-ring (bicyclic) bond motifs is 1. The van der Waals surface area contributed by atoms with Gasteiger partial charge in [-0.25, -0.2) is 9.97 Å². The first-order chi connectivity index (χ1) is 7.06. The number of aromatic nitrogens is 2. The van der Waals surface area contributed by atoms with Crippen LogP contribution in [0, 0.1) is 6.92 Å². The Morgan fingerprint density at radius 3 is 2.80 bits per heavy atom. The smallest absolute Gasteiger partial charge is 0.225 e. The molecule has 0 bridgehead atoms. The van der Waals surface area contributed by atoms with Gasteiger partial charge in [0.05, 0.1) is 0 Å². The molecule has 0 saturated heterocycles. The first-order valence-corrected chi connectivity index (χ1v) is 5.96. The molecule has 0 spiro atoms. The average Bonchev–Trinajstić information content (AvgIpc) is 2.44. The van der Waals surface area contributed by atoms with Crippen molar-refractivity contribution in [1.82, 2.24) is 9.97 Å². The summed E-state index contributed by atoms with van der Waals surface area (Å²) in [6.45, 7) is 6.13. The van der Waals surface area contributed by atoms with Gasteiger partial charge in [0.15, 0.2) is 0 Å². The SMILES string of the molecule is Cc1cc2c(Cl)nc(NC(C)C)nc2s1. The summed E-state index contributed by atoms with van der Waals surface area (Å²) in [6.07, 6.45) is 0. The van der Waals surface area contributed by atoms with Gasteiger partial charge in [0, 0.05) is 16.3 Å². The lowest BCUT2D eigenvalue weighted by Crippen LogP contribution is -2.12. The molecule has 0 aliphatic heterocycles. The van der Waals surface area contributed by atoms with Crippen LogP contribution in [-0.2, 0) is 0 Å². The van der Waals surface area contributed by atoms with Crippen LogP contribution >= 0.6 is 22.9 Å². The third-order valence-electron chi connectivity index (χ3n) is 1.89. The van der Waals surface area contributed by atoms with E-state index in [1.54, 1.807) is 11.3 Å². The van der Waals surface area contributed by atoms with E-state index in [9.17, 15) is 0 Å². The van der Waals surface area contributed by atoms with Crippen molar-refractivity contribution in [1.29, 1.82) is 0 Å². The van der Waals surface area contributed by atoms with E-state index in [1.807, 2.05) is 26.8 Å². The second kappa shape index (κ2) is 3.94. The highest BCUT2D eigenvalue weighted by Crippen LogP contribution is 2.29. The van der Waals surface area contributed by atoms with Gasteiger partial charge in [-0.3, -0.25) is 0 Å². The van der Waals surface area contributed by atoms with Crippen LogP contribution in [0.15, 0.2) is 6.07 Å². The number of aryl methyl sites for hydroxylation is 1. The van der Waals surface area contributed by atoms with Gasteiger partial charge in [-0.05, 0) is 26.8 Å². The zero-order valence-electron chi connectivity index (χ0n) is 8.84. The van der Waals surface area contributed by atoms with Crippen LogP contribution in [0.25, 0.3) is 10.2 Å². The topological polar surface area (TPSA) is 37.8 Å². The van der Waals surface area contributed by atoms with Crippen molar-refractivity contribution >= 4 is 39.1 Å². The maximum Gasteiger partial charge on any atom is 0.225 e. The molecule has 0 amide bonds. The highest BCUT2D eigenvalue weighted by Gasteiger charge is 2.09. The molecule has 3 nitrogen and oxygen atoms in total. The normalized spacial score (nSPS) is 11.3. The minimum absolute atomic E-state index is 0.305. The van der Waals surface area contributed by atoms with E-state index in [0.717, 1.165) is 10.2 Å². The molecule has 2 heterocycles. The molecule has 80 valence electrons. The Bertz CT molecular complexity index is 493. The summed E-state index contributed by atoms with van der Waals surface area (Å²) in [4.78, 5) is 10.8. The van der Waals surface area contributed by atoms with Crippen molar-refractivity contribution in [3.63, 3.8) is 0 Å². The van der Waals surface area contributed by atoms with Gasteiger partial charge >= 0.3 is 0 Å². The first kappa shape index (κ1) is 10.6. The number of nitrogens with zero attached hydrogens (tertiary/aromatic N) is 2. The van der Waals surface area contributed by atoms with Crippen molar-refractivity contribution in [3.05, 3.63) is 16.1 Å². The number of hydrogen-bond donors (Lipinski definition) is 1. The van der Waals surface area contributed by atoms with E-state index < -0.39 is 0 Å². The molecule has 2 rings (SSSR count). The number of thiophene rings is 1. The Morgan fingerprint density at radius 2 is 2.13 bits per heavy atom. The molecule has 0 saturated carbocycles. The predicted octanol–water partition coefficient (Wildman–Crippen LogP) is 3.47. The minimum Gasteiger partial charge on any atom is -0.352 e. The van der Waals surface area contributed by atoms with Crippen LogP contribution in [0.5, 0.6) is 0 Å². The summed E-state index contributed by atoms with van der Waals surface area (Å²) in [6, 6.07) is 2.32. The first-order valence-electron chi connectivity index (χ1n) is 4.76. The quantitative estimate of drug-likeness (QED) is 0.819. The summed E-state index contributed by atoms with van der Waals surface area (Å²) in [5.74, 6) is 0.601. The van der Waals surface area contributed by atoms with Crippen LogP contribution in [-0.4, -0.2) is 16.0 Å². The number of halogens is 1. The van der Waals surface area contributed by atoms with E-state index in [1.165, 1.54) is 4.88 Å². The molecule has 0 unspecified atom stereocenters. The molecule has 5 heteroatoms. The van der Waals surface area contributed by atoms with Crippen molar-refractivity contribution in [3.8, 4) is 0 Å². The molecule has 0 fully saturated rings. The second-order valence-corrected chi connectivity index (χ2v) is 5.31. The number of nitrogens with one attached hydrogen (secondary N) is 1. The molecule has 2 aromatic rings. The summed E-state index contributed by atoms with van der Waals surface area (Å²) >= 11 is 7.71. The third-order valence-corrected chi connectivity index (χ3v) is 3.12. The van der Waals surface area contributed by atoms with Gasteiger partial charge < -0.3 is 5.32 Å². The molecule has 2 aromatic heterocycles. The second-order valence-electron chi connectivity index (χ2n) is 3.71. The average molecular weight is 242 g/mol. The highest BCUT2D eigenvalue weighted by molar-refractivity contribution is 7.18. The Morgan fingerprint density at radius 1 is 1.40 bits per heavy atom. The van der Waals surface area contributed by atoms with E-state index in [0.29, 0.717) is 17.1 Å². The molecule has 0 aliphatic rings.